The Morgan fingerprint density at radius 1 is 1.26 bits per heavy atom. The van der Waals surface area contributed by atoms with Crippen molar-refractivity contribution in [1.82, 2.24) is 9.38 Å². The molecule has 0 saturated carbocycles. The SMILES string of the molecule is Cc1ccc(C(=O)Nc2ccccc2-c2cn3ccsc3n2)cc1[N+](=O)[O-]. The molecule has 134 valence electrons. The summed E-state index contributed by atoms with van der Waals surface area (Å²) >= 11 is 1.53. The molecule has 1 N–H and O–H groups in total. The highest BCUT2D eigenvalue weighted by Gasteiger charge is 2.17. The first-order valence-corrected chi connectivity index (χ1v) is 8.99. The predicted octanol–water partition coefficient (Wildman–Crippen LogP) is 4.53. The largest absolute Gasteiger partial charge is 0.321 e. The number of fused-ring (bicyclic) bond motifs is 1. The van der Waals surface area contributed by atoms with Crippen molar-refractivity contribution in [1.29, 1.82) is 0 Å². The van der Waals surface area contributed by atoms with Gasteiger partial charge in [-0.25, -0.2) is 4.98 Å². The predicted molar refractivity (Wildman–Crippen MR) is 104 cm³/mol. The first-order valence-electron chi connectivity index (χ1n) is 8.11. The minimum absolute atomic E-state index is 0.0785. The van der Waals surface area contributed by atoms with Gasteiger partial charge in [-0.05, 0) is 19.1 Å². The van der Waals surface area contributed by atoms with E-state index in [9.17, 15) is 14.9 Å². The Balaban J connectivity index is 1.67. The van der Waals surface area contributed by atoms with E-state index in [4.69, 9.17) is 0 Å². The van der Waals surface area contributed by atoms with Gasteiger partial charge in [-0.3, -0.25) is 19.3 Å². The third-order valence-corrected chi connectivity index (χ3v) is 4.98. The van der Waals surface area contributed by atoms with Gasteiger partial charge in [0.15, 0.2) is 4.96 Å². The van der Waals surface area contributed by atoms with Crippen LogP contribution in [0.3, 0.4) is 0 Å². The van der Waals surface area contributed by atoms with E-state index in [0.29, 0.717) is 11.3 Å². The number of imidazole rings is 1. The highest BCUT2D eigenvalue weighted by molar-refractivity contribution is 7.15. The van der Waals surface area contributed by atoms with Crippen LogP contribution in [0.2, 0.25) is 0 Å². The fourth-order valence-corrected chi connectivity index (χ4v) is 3.51. The monoisotopic (exact) mass is 378 g/mol. The number of nitrogens with one attached hydrogen (secondary N) is 1. The maximum Gasteiger partial charge on any atom is 0.273 e. The summed E-state index contributed by atoms with van der Waals surface area (Å²) in [5.74, 6) is -0.411. The van der Waals surface area contributed by atoms with E-state index in [-0.39, 0.29) is 11.3 Å². The van der Waals surface area contributed by atoms with Crippen LogP contribution in [-0.4, -0.2) is 20.2 Å². The number of aryl methyl sites for hydroxylation is 1. The Hall–Kier alpha value is -3.52. The Bertz CT molecular complexity index is 1150. The van der Waals surface area contributed by atoms with E-state index >= 15 is 0 Å². The molecule has 0 radical (unpaired) electrons. The van der Waals surface area contributed by atoms with Crippen LogP contribution in [0.25, 0.3) is 16.2 Å². The molecule has 2 aromatic carbocycles. The van der Waals surface area contributed by atoms with Crippen molar-refractivity contribution in [3.8, 4) is 11.3 Å². The molecule has 1 amide bonds. The average molecular weight is 378 g/mol. The number of thiazole rings is 1. The zero-order valence-corrected chi connectivity index (χ0v) is 15.1. The van der Waals surface area contributed by atoms with Crippen LogP contribution >= 0.6 is 11.3 Å². The Labute approximate surface area is 158 Å². The fraction of sp³-hybridized carbons (Fsp3) is 0.0526. The molecule has 27 heavy (non-hydrogen) atoms. The first kappa shape index (κ1) is 16.9. The number of hydrogen-bond donors (Lipinski definition) is 1. The zero-order valence-electron chi connectivity index (χ0n) is 14.2. The van der Waals surface area contributed by atoms with Gasteiger partial charge in [-0.2, -0.15) is 0 Å². The quantitative estimate of drug-likeness (QED) is 0.417. The number of nitro benzene ring substituents is 1. The van der Waals surface area contributed by atoms with Gasteiger partial charge in [0.1, 0.15) is 0 Å². The van der Waals surface area contributed by atoms with Crippen LogP contribution in [-0.2, 0) is 0 Å². The first-order chi connectivity index (χ1) is 13.0. The lowest BCUT2D eigenvalue weighted by molar-refractivity contribution is -0.385. The molecule has 7 nitrogen and oxygen atoms in total. The van der Waals surface area contributed by atoms with Gasteiger partial charge in [-0.1, -0.05) is 24.3 Å². The van der Waals surface area contributed by atoms with Crippen LogP contribution in [0.4, 0.5) is 11.4 Å². The summed E-state index contributed by atoms with van der Waals surface area (Å²) in [5, 5.41) is 15.9. The van der Waals surface area contributed by atoms with Gasteiger partial charge in [0.2, 0.25) is 0 Å². The lowest BCUT2D eigenvalue weighted by atomic mass is 10.1. The molecule has 0 bridgehead atoms. The second kappa shape index (κ2) is 6.65. The molecule has 0 unspecified atom stereocenters. The van der Waals surface area contributed by atoms with Crippen LogP contribution in [0.5, 0.6) is 0 Å². The molecule has 0 spiro atoms. The van der Waals surface area contributed by atoms with Crippen molar-refractivity contribution in [2.45, 2.75) is 6.92 Å². The number of para-hydroxylation sites is 1. The maximum absolute atomic E-state index is 12.6. The van der Waals surface area contributed by atoms with Gasteiger partial charge < -0.3 is 5.32 Å². The van der Waals surface area contributed by atoms with E-state index in [1.54, 1.807) is 25.1 Å². The molecule has 2 aromatic heterocycles. The molecule has 4 rings (SSSR count). The number of rotatable bonds is 4. The molecule has 4 aromatic rings. The van der Waals surface area contributed by atoms with E-state index in [1.165, 1.54) is 17.4 Å². The van der Waals surface area contributed by atoms with Crippen molar-refractivity contribution in [3.05, 3.63) is 81.5 Å². The Morgan fingerprint density at radius 3 is 2.85 bits per heavy atom. The van der Waals surface area contributed by atoms with Gasteiger partial charge in [0, 0.05) is 40.5 Å². The molecule has 0 fully saturated rings. The summed E-state index contributed by atoms with van der Waals surface area (Å²) in [7, 11) is 0. The molecule has 0 saturated heterocycles. The average Bonchev–Trinajstić information content (AvgIpc) is 3.24. The number of benzene rings is 2. The zero-order chi connectivity index (χ0) is 19.0. The summed E-state index contributed by atoms with van der Waals surface area (Å²) in [4.78, 5) is 28.7. The minimum atomic E-state index is -0.488. The van der Waals surface area contributed by atoms with E-state index < -0.39 is 10.8 Å². The topological polar surface area (TPSA) is 89.5 Å². The summed E-state index contributed by atoms with van der Waals surface area (Å²) in [6.07, 6.45) is 3.82. The number of aromatic nitrogens is 2. The number of anilines is 1. The molecule has 0 aliphatic rings. The van der Waals surface area contributed by atoms with Gasteiger partial charge in [-0.15, -0.1) is 11.3 Å². The number of nitrogens with zero attached hydrogens (tertiary/aromatic N) is 3. The van der Waals surface area contributed by atoms with Crippen molar-refractivity contribution in [3.63, 3.8) is 0 Å². The number of hydrogen-bond acceptors (Lipinski definition) is 5. The Kier molecular flexibility index (Phi) is 4.17. The minimum Gasteiger partial charge on any atom is -0.321 e. The van der Waals surface area contributed by atoms with Crippen molar-refractivity contribution >= 4 is 33.6 Å². The molecular weight excluding hydrogens is 364 g/mol. The van der Waals surface area contributed by atoms with Crippen LogP contribution < -0.4 is 5.32 Å². The third-order valence-electron chi connectivity index (χ3n) is 4.21. The lowest BCUT2D eigenvalue weighted by Crippen LogP contribution is -2.13. The highest BCUT2D eigenvalue weighted by atomic mass is 32.1. The second-order valence-electron chi connectivity index (χ2n) is 5.98. The van der Waals surface area contributed by atoms with E-state index in [2.05, 4.69) is 10.3 Å². The summed E-state index contributed by atoms with van der Waals surface area (Å²) in [6.45, 7) is 1.64. The maximum atomic E-state index is 12.6. The lowest BCUT2D eigenvalue weighted by Gasteiger charge is -2.10. The molecule has 8 heteroatoms. The molecule has 0 aliphatic carbocycles. The molecule has 0 aliphatic heterocycles. The van der Waals surface area contributed by atoms with Gasteiger partial charge in [0.05, 0.1) is 16.3 Å². The van der Waals surface area contributed by atoms with Crippen molar-refractivity contribution < 1.29 is 9.72 Å². The van der Waals surface area contributed by atoms with Crippen LogP contribution in [0.1, 0.15) is 15.9 Å². The Morgan fingerprint density at radius 2 is 2.07 bits per heavy atom. The third kappa shape index (κ3) is 3.18. The van der Waals surface area contributed by atoms with Crippen LogP contribution in [0, 0.1) is 17.0 Å². The number of amides is 1. The van der Waals surface area contributed by atoms with Gasteiger partial charge >= 0.3 is 0 Å². The normalized spacial score (nSPS) is 10.9. The van der Waals surface area contributed by atoms with Crippen molar-refractivity contribution in [2.24, 2.45) is 0 Å². The van der Waals surface area contributed by atoms with Gasteiger partial charge in [0.25, 0.3) is 11.6 Å². The summed E-state index contributed by atoms with van der Waals surface area (Å²) < 4.78 is 1.92. The van der Waals surface area contributed by atoms with E-state index in [0.717, 1.165) is 16.2 Å². The van der Waals surface area contributed by atoms with E-state index in [1.807, 2.05) is 40.4 Å². The summed E-state index contributed by atoms with van der Waals surface area (Å²) in [6, 6.07) is 11.8. The standard InChI is InChI=1S/C19H14N4O3S/c1-12-6-7-13(10-17(12)23(25)26)18(24)20-15-5-3-2-4-14(15)16-11-22-8-9-27-19(22)21-16/h2-11H,1H3,(H,20,24). The number of nitro groups is 1. The molecule has 0 atom stereocenters. The van der Waals surface area contributed by atoms with Crippen LogP contribution in [0.15, 0.2) is 60.2 Å². The molecular formula is C19H14N4O3S. The highest BCUT2D eigenvalue weighted by Crippen LogP contribution is 2.29. The number of carbonyl (C=O) groups is 1. The second-order valence-corrected chi connectivity index (χ2v) is 6.85. The fourth-order valence-electron chi connectivity index (χ4n) is 2.81. The smallest absolute Gasteiger partial charge is 0.273 e. The number of carbonyl (C=O) groups excluding carboxylic acids is 1. The molecule has 2 heterocycles. The van der Waals surface area contributed by atoms with Crippen molar-refractivity contribution in [2.75, 3.05) is 5.32 Å². The summed E-state index contributed by atoms with van der Waals surface area (Å²) in [5.41, 5.74) is 2.78.